The molecule has 2 aromatic carbocycles. The monoisotopic (exact) mass is 1500 g/mol. The number of pyridine rings is 2. The minimum absolute atomic E-state index is 0.0257. The first-order chi connectivity index (χ1) is 49.9. The summed E-state index contributed by atoms with van der Waals surface area (Å²) in [5, 5.41) is 75.8. The molecule has 1 unspecified atom stereocenters. The van der Waals surface area contributed by atoms with Gasteiger partial charge >= 0.3 is 42.0 Å². The van der Waals surface area contributed by atoms with Gasteiger partial charge in [0.2, 0.25) is 41.1 Å². The van der Waals surface area contributed by atoms with E-state index in [-0.39, 0.29) is 72.0 Å². The minimum Gasteiger partial charge on any atom is -0.481 e. The zero-order valence-corrected chi connectivity index (χ0v) is 56.8. The van der Waals surface area contributed by atoms with Crippen LogP contribution in [0.1, 0.15) is 91.0 Å². The molecule has 6 heterocycles. The van der Waals surface area contributed by atoms with E-state index in [1.807, 2.05) is 29.6 Å². The number of aromatic nitrogens is 6. The molecule has 2 aliphatic rings. The van der Waals surface area contributed by atoms with Crippen LogP contribution in [-0.4, -0.2) is 199 Å². The number of anilines is 2. The number of esters is 1. The van der Waals surface area contributed by atoms with Crippen LogP contribution in [0.3, 0.4) is 0 Å². The maximum atomic E-state index is 14.0. The molecule has 0 saturated heterocycles. The number of guanidine groups is 1. The third-order valence-electron chi connectivity index (χ3n) is 16.0. The summed E-state index contributed by atoms with van der Waals surface area (Å²) in [6, 6.07) is 4.65. The van der Waals surface area contributed by atoms with Gasteiger partial charge in [0.25, 0.3) is 17.0 Å². The van der Waals surface area contributed by atoms with Crippen molar-refractivity contribution in [2.24, 2.45) is 5.73 Å². The van der Waals surface area contributed by atoms with E-state index in [4.69, 9.17) is 36.1 Å². The van der Waals surface area contributed by atoms with Crippen LogP contribution in [0.15, 0.2) is 76.4 Å². The number of hydrogen-bond acceptors (Lipinski definition) is 27. The summed E-state index contributed by atoms with van der Waals surface area (Å²) in [7, 11) is 1.75. The van der Waals surface area contributed by atoms with Gasteiger partial charge in [-0.3, -0.25) is 63.1 Å². The first kappa shape index (κ1) is 78.2. The number of cyclic esters (lactones) is 1. The lowest BCUT2D eigenvalue weighted by Crippen LogP contribution is -2.59. The molecule has 6 aromatic rings. The maximum Gasteiger partial charge on any atom is 0.509 e. The van der Waals surface area contributed by atoms with E-state index >= 15 is 0 Å². The van der Waals surface area contributed by atoms with Crippen molar-refractivity contribution in [2.75, 3.05) is 35.7 Å². The van der Waals surface area contributed by atoms with Gasteiger partial charge in [-0.15, -0.1) is 0 Å². The molecule has 4 aromatic heterocycles. The van der Waals surface area contributed by atoms with Gasteiger partial charge in [0.15, 0.2) is 17.1 Å². The van der Waals surface area contributed by atoms with Crippen LogP contribution in [0.5, 0.6) is 0 Å². The number of fused-ring (bicyclic) bond motifs is 6. The van der Waals surface area contributed by atoms with Gasteiger partial charge in [-0.1, -0.05) is 46.7 Å². The molecular formula is C63H69N17O23S2. The molecule has 6 amide bonds. The van der Waals surface area contributed by atoms with Gasteiger partial charge in [0.1, 0.15) is 49.5 Å². The van der Waals surface area contributed by atoms with Gasteiger partial charge in [0, 0.05) is 52.2 Å². The van der Waals surface area contributed by atoms with Crippen LogP contribution in [0.25, 0.3) is 33.5 Å². The van der Waals surface area contributed by atoms with Crippen molar-refractivity contribution in [3.05, 3.63) is 116 Å². The number of ether oxygens (including phenoxy) is 3. The molecule has 0 aliphatic carbocycles. The zero-order valence-electron chi connectivity index (χ0n) is 55.2. The van der Waals surface area contributed by atoms with Gasteiger partial charge in [-0.2, -0.15) is 4.98 Å². The van der Waals surface area contributed by atoms with E-state index in [1.54, 1.807) is 12.1 Å². The highest BCUT2D eigenvalue weighted by atomic mass is 33.1. The van der Waals surface area contributed by atoms with Crippen molar-refractivity contribution in [1.29, 1.82) is 5.41 Å². The van der Waals surface area contributed by atoms with Crippen molar-refractivity contribution < 1.29 is 102 Å². The number of hydrogen-bond donors (Lipinski definition) is 17. The first-order valence-electron chi connectivity index (χ1n) is 31.7. The number of carbonyl (C=O) groups is 13. The Kier molecular flexibility index (Phi) is 26.4. The molecule has 0 spiro atoms. The predicted molar refractivity (Wildman–Crippen MR) is 367 cm³/mol. The Hall–Kier alpha value is -12.5. The Morgan fingerprint density at radius 3 is 1.99 bits per heavy atom. The minimum atomic E-state index is -2.20. The third-order valence-corrected chi connectivity index (χ3v) is 18.4. The number of carboxylic acids is 5. The molecule has 0 radical (unpaired) electrons. The Labute approximate surface area is 598 Å². The molecule has 40 nitrogen and oxygen atoms in total. The van der Waals surface area contributed by atoms with E-state index in [1.165, 1.54) is 42.0 Å². The fraction of sp³-hybridized carbons (Fsp3) is 0.365. The number of nitrogens with one attached hydrogen (secondary N) is 10. The van der Waals surface area contributed by atoms with Crippen molar-refractivity contribution in [1.82, 2.24) is 66.7 Å². The zero-order chi connectivity index (χ0) is 76.4. The van der Waals surface area contributed by atoms with E-state index < -0.39 is 194 Å². The van der Waals surface area contributed by atoms with Gasteiger partial charge in [-0.25, -0.2) is 34.1 Å². The third kappa shape index (κ3) is 20.6. The molecule has 556 valence electrons. The standard InChI is InChI=1S/C63H69N17O23S2/c1-2-63(34-19-42-47-30(18-29-6-3-4-7-35(29)72-47)25-80(42)56(94)33(34)26-102-59(63)99)103-62(100)101-16-17-104-105-27-41(58(97)98)77-54(92)40(22-46(86)87)76-53(91)39(21-45(84)85)75-51(89)36(8-5-15-67-60(64)65)73-52(90)38(20-44(82)83)71-43(81)14-13-37(57(95)96)74-50(88)28-9-11-31(12-10-28)68-23-32-24-69-49-48(70-32)55(93)79-61(66)78-49/h3-4,6-7,9-12,18-19,24,36-41,68H,2,5,8,13-17,20-23,25-27H2,1H3,(H,71,81)(H,73,90)(H,74,88)(H,75,89)(H,76,91)(H,77,92)(H,82,83)(H,84,85)(H,86,87)(H,95,96)(H,97,98)(H4,64,65,67)(H3,66,69,78,79,93)/t36-,37-,38-,39-,40-,41-,63?/m0/s1. The quantitative estimate of drug-likeness (QED) is 0.00708. The van der Waals surface area contributed by atoms with E-state index in [0.29, 0.717) is 28.3 Å². The summed E-state index contributed by atoms with van der Waals surface area (Å²) in [6.07, 6.45) is -5.80. The summed E-state index contributed by atoms with van der Waals surface area (Å²) in [5.41, 5.74) is 10.9. The predicted octanol–water partition coefficient (Wildman–Crippen LogP) is -1.30. The fourth-order valence-corrected chi connectivity index (χ4v) is 12.8. The Bertz CT molecular complexity index is 4560. The number of para-hydroxylation sites is 1. The average molecular weight is 1500 g/mol. The van der Waals surface area contributed by atoms with Crippen molar-refractivity contribution in [3.8, 4) is 11.4 Å². The Balaban J connectivity index is 0.832. The van der Waals surface area contributed by atoms with Crippen molar-refractivity contribution in [2.45, 2.75) is 120 Å². The summed E-state index contributed by atoms with van der Waals surface area (Å²) >= 11 is 0. The summed E-state index contributed by atoms with van der Waals surface area (Å²) in [6.45, 7) is 0.849. The topological polar surface area (TPSA) is 629 Å². The molecule has 2 aliphatic heterocycles. The van der Waals surface area contributed by atoms with E-state index in [0.717, 1.165) is 32.5 Å². The van der Waals surface area contributed by atoms with E-state index in [2.05, 4.69) is 57.2 Å². The fourth-order valence-electron chi connectivity index (χ4n) is 10.8. The number of H-pyrrole nitrogens is 1. The first-order valence-corrected chi connectivity index (χ1v) is 34.2. The number of amides is 6. The normalized spacial score (nSPS) is 15.0. The highest BCUT2D eigenvalue weighted by Crippen LogP contribution is 2.41. The van der Waals surface area contributed by atoms with E-state index in [9.17, 15) is 97.5 Å². The lowest BCUT2D eigenvalue weighted by Gasteiger charge is -2.35. The molecule has 7 atom stereocenters. The second-order valence-corrected chi connectivity index (χ2v) is 26.0. The number of nitrogens with two attached hydrogens (primary N) is 2. The molecule has 105 heavy (non-hydrogen) atoms. The maximum absolute atomic E-state index is 14.0. The van der Waals surface area contributed by atoms with Crippen LogP contribution >= 0.6 is 21.6 Å². The Morgan fingerprint density at radius 1 is 0.743 bits per heavy atom. The van der Waals surface area contributed by atoms with Crippen LogP contribution in [-0.2, 0) is 92.2 Å². The average Bonchev–Trinajstić information content (AvgIpc) is 1.70. The number of rotatable bonds is 37. The number of aromatic amines is 1. The SMILES string of the molecule is CCC1(OC(=O)OCCSSC[C@H](NC(=O)[C@H](CC(=O)O)NC(=O)[C@H](CC(=O)O)NC(=O)[C@H](CCCNC(=N)N)NC(=O)[C@H](CC(=O)O)NC(=O)CC[C@H](NC(=O)c2ccc(NCc3cnc4nc(N)[nH]c(=O)c4n3)cc2)C(=O)O)C(=O)O)C(=O)OCc2c1cc1n(c2=O)Cc2cc3ccccc3nc2-1. The largest absolute Gasteiger partial charge is 0.509 e. The molecule has 8 rings (SSSR count). The van der Waals surface area contributed by atoms with Gasteiger partial charge < -0.3 is 98.3 Å². The molecule has 0 fully saturated rings. The van der Waals surface area contributed by atoms with Crippen molar-refractivity contribution in [3.63, 3.8) is 0 Å². The number of carboxylic acid groups (broad SMARTS) is 5. The lowest BCUT2D eigenvalue weighted by molar-refractivity contribution is -0.175. The molecule has 0 saturated carbocycles. The summed E-state index contributed by atoms with van der Waals surface area (Å²) in [4.78, 5) is 215. The smallest absolute Gasteiger partial charge is 0.481 e. The molecule has 0 bridgehead atoms. The van der Waals surface area contributed by atoms with Crippen LogP contribution in [0.4, 0.5) is 16.4 Å². The van der Waals surface area contributed by atoms with Crippen LogP contribution in [0.2, 0.25) is 0 Å². The highest BCUT2D eigenvalue weighted by Gasteiger charge is 2.51. The molecular weight excluding hydrogens is 1430 g/mol. The lowest BCUT2D eigenvalue weighted by atomic mass is 9.85. The van der Waals surface area contributed by atoms with Gasteiger partial charge in [0.05, 0.1) is 66.7 Å². The summed E-state index contributed by atoms with van der Waals surface area (Å²) in [5.74, 6) is -18.3. The number of aliphatic carboxylic acids is 5. The van der Waals surface area contributed by atoms with Crippen LogP contribution in [0, 0.1) is 5.41 Å². The van der Waals surface area contributed by atoms with Crippen molar-refractivity contribution >= 4 is 139 Å². The number of nitrogens with zero attached hydrogens (tertiary/aromatic N) is 5. The highest BCUT2D eigenvalue weighted by molar-refractivity contribution is 8.76. The van der Waals surface area contributed by atoms with Crippen LogP contribution < -0.4 is 65.1 Å². The Morgan fingerprint density at radius 2 is 1.36 bits per heavy atom. The number of benzene rings is 2. The second-order valence-electron chi connectivity index (χ2n) is 23.4. The summed E-state index contributed by atoms with van der Waals surface area (Å²) < 4.78 is 17.8. The number of nitrogen functional groups attached to an aromatic ring is 1. The van der Waals surface area contributed by atoms with Gasteiger partial charge in [-0.05, 0) is 68.1 Å². The number of carbonyl (C=O) groups excluding carboxylic acids is 8. The molecule has 19 N–H and O–H groups in total. The molecule has 42 heteroatoms. The second kappa shape index (κ2) is 35.4.